The molecule has 3 rings (SSSR count). The van der Waals surface area contributed by atoms with Crippen molar-refractivity contribution in [1.29, 1.82) is 0 Å². The minimum absolute atomic E-state index is 0.112. The second-order valence-electron chi connectivity index (χ2n) is 7.49. The van der Waals surface area contributed by atoms with Crippen LogP contribution in [-0.4, -0.2) is 55.3 Å². The van der Waals surface area contributed by atoms with E-state index in [9.17, 15) is 14.0 Å². The highest BCUT2D eigenvalue weighted by molar-refractivity contribution is 7.80. The summed E-state index contributed by atoms with van der Waals surface area (Å²) in [5.41, 5.74) is 6.16. The molecule has 1 unspecified atom stereocenters. The third-order valence-corrected chi connectivity index (χ3v) is 5.60. The van der Waals surface area contributed by atoms with Crippen molar-refractivity contribution >= 4 is 40.6 Å². The van der Waals surface area contributed by atoms with Gasteiger partial charge in [-0.2, -0.15) is 0 Å². The molecule has 0 saturated carbocycles. The summed E-state index contributed by atoms with van der Waals surface area (Å²) < 4.78 is 20.1. The van der Waals surface area contributed by atoms with Gasteiger partial charge in [-0.1, -0.05) is 12.2 Å². The normalized spacial score (nSPS) is 20.4. The summed E-state index contributed by atoms with van der Waals surface area (Å²) in [4.78, 5) is 30.8. The van der Waals surface area contributed by atoms with Gasteiger partial charge in [-0.25, -0.2) is 15.8 Å². The van der Waals surface area contributed by atoms with Crippen LogP contribution in [0.5, 0.6) is 0 Å². The predicted octanol–water partition coefficient (Wildman–Crippen LogP) is 2.08. The summed E-state index contributed by atoms with van der Waals surface area (Å²) in [6.45, 7) is 10.7. The zero-order chi connectivity index (χ0) is 21.8. The molecule has 8 nitrogen and oxygen atoms in total. The van der Waals surface area contributed by atoms with Crippen LogP contribution < -0.4 is 20.9 Å². The maximum Gasteiger partial charge on any atom is 0.414 e. The lowest BCUT2D eigenvalue weighted by atomic mass is 9.89. The number of halogens is 1. The Morgan fingerprint density at radius 3 is 2.73 bits per heavy atom. The molecule has 2 saturated heterocycles. The van der Waals surface area contributed by atoms with Crippen molar-refractivity contribution < 1.29 is 18.7 Å². The van der Waals surface area contributed by atoms with E-state index < -0.39 is 23.9 Å². The van der Waals surface area contributed by atoms with E-state index in [2.05, 4.69) is 10.2 Å². The number of benzene rings is 1. The van der Waals surface area contributed by atoms with Crippen LogP contribution in [0, 0.1) is 18.3 Å². The van der Waals surface area contributed by atoms with Crippen LogP contribution in [-0.2, 0) is 9.53 Å². The van der Waals surface area contributed by atoms with E-state index in [0.29, 0.717) is 55.4 Å². The van der Waals surface area contributed by atoms with Crippen LogP contribution in [0.4, 0.5) is 20.6 Å². The predicted molar refractivity (Wildman–Crippen MR) is 115 cm³/mol. The van der Waals surface area contributed by atoms with E-state index in [1.807, 2.05) is 4.90 Å². The average molecular weight is 434 g/mol. The molecule has 0 spiro atoms. The third kappa shape index (κ3) is 4.79. The Labute approximate surface area is 180 Å². The molecule has 160 valence electrons. The second-order valence-corrected chi connectivity index (χ2v) is 8.10. The number of nitrogens with two attached hydrogens (primary N) is 1. The summed E-state index contributed by atoms with van der Waals surface area (Å²) in [5.74, 6) is -1.16. The van der Waals surface area contributed by atoms with E-state index >= 15 is 0 Å². The molecule has 3 N–H and O–H groups in total. The molecule has 1 aromatic rings. The van der Waals surface area contributed by atoms with Crippen molar-refractivity contribution in [2.24, 2.45) is 11.7 Å². The van der Waals surface area contributed by atoms with Crippen molar-refractivity contribution in [2.75, 3.05) is 36.0 Å². The zero-order valence-electron chi connectivity index (χ0n) is 16.6. The number of rotatable bonds is 6. The number of nitrogens with zero attached hydrogens (tertiary/aromatic N) is 3. The van der Waals surface area contributed by atoms with E-state index in [4.69, 9.17) is 29.3 Å². The second kappa shape index (κ2) is 9.26. The minimum atomic E-state index is -0.829. The molecule has 2 amide bonds. The molecule has 2 atom stereocenters. The zero-order valence-corrected chi connectivity index (χ0v) is 17.5. The molecule has 2 aliphatic heterocycles. The smallest absolute Gasteiger partial charge is 0.414 e. The SMILES string of the molecule is [C-]#[N+]C(C(N)=O)C1CCN(c2ccc(N3C[C@H](CNC(C)=S)OC3=O)cc2F)CC1. The lowest BCUT2D eigenvalue weighted by molar-refractivity contribution is -0.119. The summed E-state index contributed by atoms with van der Waals surface area (Å²) in [7, 11) is 0. The first-order valence-electron chi connectivity index (χ1n) is 9.73. The van der Waals surface area contributed by atoms with Gasteiger partial charge in [0.1, 0.15) is 11.9 Å². The maximum atomic E-state index is 14.8. The lowest BCUT2D eigenvalue weighted by Gasteiger charge is -2.33. The van der Waals surface area contributed by atoms with Gasteiger partial charge in [0.05, 0.1) is 29.5 Å². The van der Waals surface area contributed by atoms with Crippen molar-refractivity contribution in [3.05, 3.63) is 35.4 Å². The van der Waals surface area contributed by atoms with Gasteiger partial charge in [0.25, 0.3) is 0 Å². The fourth-order valence-electron chi connectivity index (χ4n) is 3.87. The quantitative estimate of drug-likeness (QED) is 0.527. The number of primary amides is 1. The first-order chi connectivity index (χ1) is 14.3. The Balaban J connectivity index is 1.64. The third-order valence-electron chi connectivity index (χ3n) is 5.45. The Morgan fingerprint density at radius 2 is 2.17 bits per heavy atom. The average Bonchev–Trinajstić information content (AvgIpc) is 3.08. The number of carbonyl (C=O) groups is 2. The topological polar surface area (TPSA) is 92.3 Å². The van der Waals surface area contributed by atoms with Crippen molar-refractivity contribution in [1.82, 2.24) is 5.32 Å². The summed E-state index contributed by atoms with van der Waals surface area (Å²) >= 11 is 4.96. The highest BCUT2D eigenvalue weighted by Crippen LogP contribution is 2.31. The number of amides is 2. The van der Waals surface area contributed by atoms with E-state index in [0.717, 1.165) is 0 Å². The Kier molecular flexibility index (Phi) is 6.72. The number of cyclic esters (lactones) is 1. The van der Waals surface area contributed by atoms with E-state index in [1.165, 1.54) is 11.0 Å². The van der Waals surface area contributed by atoms with Crippen molar-refractivity contribution in [2.45, 2.75) is 31.9 Å². The number of thiocarbonyl (C=S) groups is 1. The van der Waals surface area contributed by atoms with Gasteiger partial charge in [-0.05, 0) is 38.0 Å². The molecule has 1 aromatic carbocycles. The molecule has 2 aliphatic rings. The van der Waals surface area contributed by atoms with E-state index in [1.54, 1.807) is 19.1 Å². The molecule has 0 radical (unpaired) electrons. The number of nitrogens with one attached hydrogen (secondary N) is 1. The standard InChI is InChI=1S/C20H24FN5O3S/c1-12(30)24-10-15-11-26(20(28)29-15)14-3-4-17(16(21)9-14)25-7-5-13(6-8-25)18(23-2)19(22)27/h3-4,9,13,15,18H,5-8,10-11H2,1H3,(H2,22,27)(H,24,30)/t15-,18?/m0/s1. The van der Waals surface area contributed by atoms with Crippen molar-refractivity contribution in [3.63, 3.8) is 0 Å². The number of anilines is 2. The van der Waals surface area contributed by atoms with Crippen LogP contribution in [0.2, 0.25) is 0 Å². The van der Waals surface area contributed by atoms with Crippen molar-refractivity contribution in [3.8, 4) is 0 Å². The fraction of sp³-hybridized carbons (Fsp3) is 0.500. The molecule has 10 heteroatoms. The number of piperidine rings is 1. The van der Waals surface area contributed by atoms with Crippen LogP contribution in [0.3, 0.4) is 0 Å². The maximum absolute atomic E-state index is 14.8. The molecule has 0 bridgehead atoms. The number of ether oxygens (including phenoxy) is 1. The molecule has 2 fully saturated rings. The molecular weight excluding hydrogens is 409 g/mol. The van der Waals surface area contributed by atoms with Gasteiger partial charge in [-0.15, -0.1) is 0 Å². The highest BCUT2D eigenvalue weighted by Gasteiger charge is 2.36. The summed E-state index contributed by atoms with van der Waals surface area (Å²) in [6, 6.07) is 3.84. The number of hydrogen-bond donors (Lipinski definition) is 2. The largest absolute Gasteiger partial charge is 0.442 e. The Bertz CT molecular complexity index is 882. The van der Waals surface area contributed by atoms with Gasteiger partial charge in [0.2, 0.25) is 0 Å². The van der Waals surface area contributed by atoms with Gasteiger partial charge in [0, 0.05) is 19.0 Å². The van der Waals surface area contributed by atoms with Crippen LogP contribution in [0.15, 0.2) is 18.2 Å². The Hall–Kier alpha value is -2.93. The van der Waals surface area contributed by atoms with Crippen LogP contribution in [0.25, 0.3) is 4.85 Å². The van der Waals surface area contributed by atoms with Gasteiger partial charge >= 0.3 is 18.0 Å². The number of carbonyl (C=O) groups excluding carboxylic acids is 2. The molecule has 0 aliphatic carbocycles. The summed E-state index contributed by atoms with van der Waals surface area (Å²) in [6.07, 6.45) is 0.291. The molecule has 2 heterocycles. The molecular formula is C20H24FN5O3S. The monoisotopic (exact) mass is 433 g/mol. The molecule has 0 aromatic heterocycles. The Morgan fingerprint density at radius 1 is 1.47 bits per heavy atom. The van der Waals surface area contributed by atoms with E-state index in [-0.39, 0.29) is 12.0 Å². The van der Waals surface area contributed by atoms with Crippen LogP contribution >= 0.6 is 12.2 Å². The van der Waals surface area contributed by atoms with Crippen LogP contribution in [0.1, 0.15) is 19.8 Å². The first-order valence-corrected chi connectivity index (χ1v) is 10.1. The van der Waals surface area contributed by atoms with Gasteiger partial charge in [0.15, 0.2) is 0 Å². The first kappa shape index (κ1) is 21.8. The molecule has 30 heavy (non-hydrogen) atoms. The fourth-order valence-corrected chi connectivity index (χ4v) is 3.96. The van der Waals surface area contributed by atoms with Gasteiger partial charge in [-0.3, -0.25) is 9.69 Å². The lowest BCUT2D eigenvalue weighted by Crippen LogP contribution is -2.41. The number of hydrogen-bond acceptors (Lipinski definition) is 5. The highest BCUT2D eigenvalue weighted by atomic mass is 32.1. The van der Waals surface area contributed by atoms with Gasteiger partial charge < -0.3 is 25.5 Å². The minimum Gasteiger partial charge on any atom is -0.442 e. The summed E-state index contributed by atoms with van der Waals surface area (Å²) in [5, 5.41) is 2.97.